The van der Waals surface area contributed by atoms with Crippen molar-refractivity contribution < 1.29 is 10.2 Å². The van der Waals surface area contributed by atoms with E-state index in [0.29, 0.717) is 5.88 Å². The van der Waals surface area contributed by atoms with E-state index >= 15 is 0 Å². The zero-order valence-electron chi connectivity index (χ0n) is 5.03. The summed E-state index contributed by atoms with van der Waals surface area (Å²) in [5.74, 6) is 0.549. The quantitative estimate of drug-likeness (QED) is 0.519. The average Bonchev–Trinajstić information content (AvgIpc) is 1.90. The van der Waals surface area contributed by atoms with Gasteiger partial charge in [-0.15, -0.1) is 0 Å². The first kappa shape index (κ1) is 7.84. The fourth-order valence-electron chi connectivity index (χ4n) is 0.391. The monoisotopic (exact) mass is 128 g/mol. The SMILES string of the molecule is COc1cnccn1.O. The van der Waals surface area contributed by atoms with E-state index in [0.717, 1.165) is 0 Å². The van der Waals surface area contributed by atoms with Gasteiger partial charge in [0.25, 0.3) is 0 Å². The van der Waals surface area contributed by atoms with Crippen LogP contribution in [0, 0.1) is 0 Å². The molecule has 0 radical (unpaired) electrons. The summed E-state index contributed by atoms with van der Waals surface area (Å²) < 4.78 is 4.74. The Bertz CT molecular complexity index is 154. The van der Waals surface area contributed by atoms with Gasteiger partial charge in [0.2, 0.25) is 5.88 Å². The molecule has 1 rings (SSSR count). The number of nitrogens with zero attached hydrogens (tertiary/aromatic N) is 2. The molecule has 0 aliphatic rings. The fraction of sp³-hybridized carbons (Fsp3) is 0.200. The first-order chi connectivity index (χ1) is 3.93. The predicted molar refractivity (Wildman–Crippen MR) is 32.2 cm³/mol. The van der Waals surface area contributed by atoms with Crippen molar-refractivity contribution in [3.8, 4) is 5.88 Å². The second-order valence-electron chi connectivity index (χ2n) is 1.25. The van der Waals surface area contributed by atoms with Crippen molar-refractivity contribution in [2.45, 2.75) is 0 Å². The van der Waals surface area contributed by atoms with Gasteiger partial charge in [-0.25, -0.2) is 4.98 Å². The van der Waals surface area contributed by atoms with Gasteiger partial charge in [-0.05, 0) is 0 Å². The normalized spacial score (nSPS) is 7.67. The maximum absolute atomic E-state index is 4.74. The van der Waals surface area contributed by atoms with E-state index in [4.69, 9.17) is 4.74 Å². The predicted octanol–water partition coefficient (Wildman–Crippen LogP) is -0.340. The molecule has 1 heterocycles. The van der Waals surface area contributed by atoms with Gasteiger partial charge in [0.15, 0.2) is 0 Å². The minimum Gasteiger partial charge on any atom is -0.480 e. The van der Waals surface area contributed by atoms with E-state index in [1.165, 1.54) is 0 Å². The highest BCUT2D eigenvalue weighted by Gasteiger charge is 1.83. The van der Waals surface area contributed by atoms with Crippen LogP contribution in [0.15, 0.2) is 18.6 Å². The summed E-state index contributed by atoms with van der Waals surface area (Å²) in [7, 11) is 1.56. The molecule has 50 valence electrons. The van der Waals surface area contributed by atoms with Crippen LogP contribution in [0.4, 0.5) is 0 Å². The Kier molecular flexibility index (Phi) is 3.31. The summed E-state index contributed by atoms with van der Waals surface area (Å²) in [5, 5.41) is 0. The van der Waals surface area contributed by atoms with E-state index in [2.05, 4.69) is 9.97 Å². The van der Waals surface area contributed by atoms with E-state index in [9.17, 15) is 0 Å². The highest BCUT2D eigenvalue weighted by molar-refractivity contribution is 5.00. The summed E-state index contributed by atoms with van der Waals surface area (Å²) >= 11 is 0. The Balaban J connectivity index is 0.000000640. The molecule has 0 unspecified atom stereocenters. The van der Waals surface area contributed by atoms with Gasteiger partial charge in [0.05, 0.1) is 13.3 Å². The zero-order valence-corrected chi connectivity index (χ0v) is 5.03. The van der Waals surface area contributed by atoms with Crippen LogP contribution in [-0.4, -0.2) is 22.6 Å². The highest BCUT2D eigenvalue weighted by Crippen LogP contribution is 1.96. The van der Waals surface area contributed by atoms with Gasteiger partial charge in [-0.1, -0.05) is 0 Å². The third-order valence-electron chi connectivity index (χ3n) is 0.749. The molecule has 4 nitrogen and oxygen atoms in total. The molecule has 0 spiro atoms. The van der Waals surface area contributed by atoms with Crippen LogP contribution >= 0.6 is 0 Å². The molecule has 1 aromatic heterocycles. The third kappa shape index (κ3) is 2.05. The van der Waals surface area contributed by atoms with Crippen molar-refractivity contribution >= 4 is 0 Å². The molecule has 0 aliphatic carbocycles. The topological polar surface area (TPSA) is 66.5 Å². The standard InChI is InChI=1S/C5H6N2O.H2O/c1-8-5-4-6-2-3-7-5;/h2-4H,1H3;1H2. The van der Waals surface area contributed by atoms with Crippen molar-refractivity contribution in [1.29, 1.82) is 0 Å². The van der Waals surface area contributed by atoms with Gasteiger partial charge in [-0.2, -0.15) is 0 Å². The lowest BCUT2D eigenvalue weighted by atomic mass is 10.7. The molecule has 0 fully saturated rings. The van der Waals surface area contributed by atoms with Crippen molar-refractivity contribution in [2.75, 3.05) is 7.11 Å². The van der Waals surface area contributed by atoms with Gasteiger partial charge in [-0.3, -0.25) is 4.98 Å². The van der Waals surface area contributed by atoms with Crippen LogP contribution < -0.4 is 4.74 Å². The molecule has 0 saturated carbocycles. The number of ether oxygens (including phenoxy) is 1. The minimum atomic E-state index is 0. The minimum absolute atomic E-state index is 0. The van der Waals surface area contributed by atoms with Gasteiger partial charge >= 0.3 is 0 Å². The van der Waals surface area contributed by atoms with Crippen LogP contribution in [0.3, 0.4) is 0 Å². The molecular weight excluding hydrogens is 120 g/mol. The highest BCUT2D eigenvalue weighted by atomic mass is 16.5. The number of methoxy groups -OCH3 is 1. The van der Waals surface area contributed by atoms with E-state index in [1.807, 2.05) is 0 Å². The smallest absolute Gasteiger partial charge is 0.231 e. The van der Waals surface area contributed by atoms with Crippen molar-refractivity contribution in [3.05, 3.63) is 18.6 Å². The van der Waals surface area contributed by atoms with Gasteiger partial charge in [0, 0.05) is 12.4 Å². The Morgan fingerprint density at radius 2 is 2.22 bits per heavy atom. The Morgan fingerprint density at radius 3 is 2.56 bits per heavy atom. The largest absolute Gasteiger partial charge is 0.480 e. The van der Waals surface area contributed by atoms with Crippen molar-refractivity contribution in [3.63, 3.8) is 0 Å². The summed E-state index contributed by atoms with van der Waals surface area (Å²) in [4.78, 5) is 7.58. The van der Waals surface area contributed by atoms with Gasteiger partial charge in [0.1, 0.15) is 0 Å². The second-order valence-corrected chi connectivity index (χ2v) is 1.25. The molecule has 4 heteroatoms. The van der Waals surface area contributed by atoms with E-state index in [-0.39, 0.29) is 5.48 Å². The average molecular weight is 128 g/mol. The third-order valence-corrected chi connectivity index (χ3v) is 0.749. The molecular formula is C5H8N2O2. The summed E-state index contributed by atoms with van der Waals surface area (Å²) in [6.45, 7) is 0. The molecule has 1 aromatic rings. The van der Waals surface area contributed by atoms with Gasteiger partial charge < -0.3 is 10.2 Å². The Hall–Kier alpha value is -1.16. The van der Waals surface area contributed by atoms with E-state index in [1.54, 1.807) is 25.7 Å². The van der Waals surface area contributed by atoms with E-state index < -0.39 is 0 Å². The number of aromatic nitrogens is 2. The first-order valence-corrected chi connectivity index (χ1v) is 2.23. The molecule has 0 atom stereocenters. The van der Waals surface area contributed by atoms with Crippen LogP contribution in [0.25, 0.3) is 0 Å². The zero-order chi connectivity index (χ0) is 5.82. The number of hydrogen-bond acceptors (Lipinski definition) is 3. The lowest BCUT2D eigenvalue weighted by molar-refractivity contribution is 0.395. The fourth-order valence-corrected chi connectivity index (χ4v) is 0.391. The Morgan fingerprint density at radius 1 is 1.44 bits per heavy atom. The Labute approximate surface area is 52.8 Å². The van der Waals surface area contributed by atoms with Crippen molar-refractivity contribution in [2.24, 2.45) is 0 Å². The lowest BCUT2D eigenvalue weighted by Gasteiger charge is -1.91. The lowest BCUT2D eigenvalue weighted by Crippen LogP contribution is -1.85. The number of rotatable bonds is 1. The maximum atomic E-state index is 4.74. The molecule has 0 amide bonds. The number of hydrogen-bond donors (Lipinski definition) is 0. The molecule has 0 aliphatic heterocycles. The summed E-state index contributed by atoms with van der Waals surface area (Å²) in [6, 6.07) is 0. The van der Waals surface area contributed by atoms with Crippen LogP contribution in [0.5, 0.6) is 5.88 Å². The molecule has 9 heavy (non-hydrogen) atoms. The van der Waals surface area contributed by atoms with Crippen LogP contribution in [0.2, 0.25) is 0 Å². The van der Waals surface area contributed by atoms with Crippen molar-refractivity contribution in [1.82, 2.24) is 9.97 Å². The second kappa shape index (κ2) is 3.80. The molecule has 0 aromatic carbocycles. The maximum Gasteiger partial charge on any atom is 0.231 e. The van der Waals surface area contributed by atoms with Crippen LogP contribution in [-0.2, 0) is 0 Å². The van der Waals surface area contributed by atoms with Crippen LogP contribution in [0.1, 0.15) is 0 Å². The molecule has 2 N–H and O–H groups in total. The first-order valence-electron chi connectivity index (χ1n) is 2.23. The molecule has 0 saturated heterocycles. The molecule has 0 bridgehead atoms. The summed E-state index contributed by atoms with van der Waals surface area (Å²) in [5.41, 5.74) is 0. The summed E-state index contributed by atoms with van der Waals surface area (Å²) in [6.07, 6.45) is 4.74.